The molecule has 0 saturated carbocycles. The van der Waals surface area contributed by atoms with Gasteiger partial charge in [0.05, 0.1) is 0 Å². The highest BCUT2D eigenvalue weighted by Gasteiger charge is 2.32. The first-order valence-corrected chi connectivity index (χ1v) is 6.68. The highest BCUT2D eigenvalue weighted by Crippen LogP contribution is 2.27. The predicted molar refractivity (Wildman–Crippen MR) is 70.8 cm³/mol. The first-order chi connectivity index (χ1) is 9.82. The molecule has 21 heavy (non-hydrogen) atoms. The third-order valence-corrected chi connectivity index (χ3v) is 3.13. The lowest BCUT2D eigenvalue weighted by Gasteiger charge is -2.14. The van der Waals surface area contributed by atoms with Gasteiger partial charge in [0.1, 0.15) is 5.69 Å². The summed E-state index contributed by atoms with van der Waals surface area (Å²) in [5, 5.41) is 11.4. The Morgan fingerprint density at radius 1 is 1.43 bits per heavy atom. The van der Waals surface area contributed by atoms with E-state index in [1.165, 1.54) is 0 Å². The number of hydrogen-bond acceptors (Lipinski definition) is 4. The van der Waals surface area contributed by atoms with Crippen molar-refractivity contribution in [2.45, 2.75) is 38.8 Å². The summed E-state index contributed by atoms with van der Waals surface area (Å²) in [6, 6.07) is 0.812. The Bertz CT molecular complexity index is 466. The van der Waals surface area contributed by atoms with Crippen molar-refractivity contribution < 1.29 is 23.1 Å². The first-order valence-electron chi connectivity index (χ1n) is 6.68. The number of anilines is 1. The topological polar surface area (TPSA) is 75.1 Å². The number of hydrogen-bond donors (Lipinski definition) is 2. The summed E-state index contributed by atoms with van der Waals surface area (Å²) >= 11 is 0. The van der Waals surface area contributed by atoms with E-state index in [9.17, 15) is 18.0 Å². The summed E-state index contributed by atoms with van der Waals surface area (Å²) in [6.07, 6.45) is -1.32. The van der Waals surface area contributed by atoms with Gasteiger partial charge in [-0.1, -0.05) is 13.3 Å². The van der Waals surface area contributed by atoms with Crippen molar-refractivity contribution >= 4 is 11.9 Å². The van der Waals surface area contributed by atoms with Crippen molar-refractivity contribution in [3.05, 3.63) is 18.0 Å². The molecule has 0 amide bonds. The van der Waals surface area contributed by atoms with Crippen molar-refractivity contribution in [2.24, 2.45) is 5.92 Å². The molecule has 0 aliphatic carbocycles. The fourth-order valence-corrected chi connectivity index (χ4v) is 1.87. The molecule has 0 aromatic carbocycles. The number of halogens is 3. The van der Waals surface area contributed by atoms with Gasteiger partial charge in [-0.15, -0.1) is 0 Å². The molecule has 118 valence electrons. The summed E-state index contributed by atoms with van der Waals surface area (Å²) in [4.78, 5) is 17.6. The second kappa shape index (κ2) is 7.80. The van der Waals surface area contributed by atoms with Crippen LogP contribution in [-0.2, 0) is 11.0 Å². The molecular formula is C13H18F3N3O2. The van der Waals surface area contributed by atoms with Gasteiger partial charge in [-0.2, -0.15) is 13.2 Å². The molecule has 1 aromatic heterocycles. The Morgan fingerprint density at radius 2 is 2.14 bits per heavy atom. The molecule has 1 aromatic rings. The lowest BCUT2D eigenvalue weighted by molar-refractivity contribution is -0.141. The van der Waals surface area contributed by atoms with E-state index in [1.807, 2.05) is 6.92 Å². The molecule has 5 nitrogen and oxygen atoms in total. The van der Waals surface area contributed by atoms with Gasteiger partial charge in [-0.05, 0) is 24.8 Å². The molecule has 0 saturated heterocycles. The minimum absolute atomic E-state index is 0.0714. The molecular weight excluding hydrogens is 287 g/mol. The zero-order valence-electron chi connectivity index (χ0n) is 11.7. The Morgan fingerprint density at radius 3 is 2.71 bits per heavy atom. The van der Waals surface area contributed by atoms with Crippen LogP contribution in [0.3, 0.4) is 0 Å². The molecule has 0 spiro atoms. The lowest BCUT2D eigenvalue weighted by atomic mass is 9.97. The third kappa shape index (κ3) is 6.42. The molecule has 1 rings (SSSR count). The second-order valence-corrected chi connectivity index (χ2v) is 4.69. The highest BCUT2D eigenvalue weighted by atomic mass is 19.4. The zero-order chi connectivity index (χ0) is 15.9. The van der Waals surface area contributed by atoms with Crippen molar-refractivity contribution in [2.75, 3.05) is 11.9 Å². The summed E-state index contributed by atoms with van der Waals surface area (Å²) in [5.74, 6) is -0.708. The van der Waals surface area contributed by atoms with Crippen molar-refractivity contribution in [1.82, 2.24) is 9.97 Å². The van der Waals surface area contributed by atoms with Crippen LogP contribution in [0.25, 0.3) is 0 Å². The third-order valence-electron chi connectivity index (χ3n) is 3.13. The number of nitrogens with zero attached hydrogens (tertiary/aromatic N) is 2. The van der Waals surface area contributed by atoms with E-state index in [4.69, 9.17) is 5.11 Å². The first kappa shape index (κ1) is 17.2. The minimum atomic E-state index is -4.49. The van der Waals surface area contributed by atoms with E-state index in [-0.39, 0.29) is 18.3 Å². The smallest absolute Gasteiger partial charge is 0.433 e. The predicted octanol–water partition coefficient (Wildman–Crippen LogP) is 3.19. The standard InChI is InChI=1S/C13H18F3N3O2/c1-2-9(3-4-11(20)21)5-7-17-12-18-8-6-10(19-12)13(14,15)16/h6,8-9H,2-5,7H2,1H3,(H,20,21)(H,17,18,19). The molecule has 1 heterocycles. The fraction of sp³-hybridized carbons (Fsp3) is 0.615. The van der Waals surface area contributed by atoms with E-state index >= 15 is 0 Å². The number of alkyl halides is 3. The second-order valence-electron chi connectivity index (χ2n) is 4.69. The van der Waals surface area contributed by atoms with Crippen LogP contribution >= 0.6 is 0 Å². The van der Waals surface area contributed by atoms with Crippen LogP contribution in [0.15, 0.2) is 12.3 Å². The van der Waals surface area contributed by atoms with Crippen molar-refractivity contribution in [3.63, 3.8) is 0 Å². The molecule has 2 N–H and O–H groups in total. The fourth-order valence-electron chi connectivity index (χ4n) is 1.87. The van der Waals surface area contributed by atoms with Crippen LogP contribution in [0.4, 0.5) is 19.1 Å². The summed E-state index contributed by atoms with van der Waals surface area (Å²) < 4.78 is 37.4. The minimum Gasteiger partial charge on any atom is -0.481 e. The Hall–Kier alpha value is -1.86. The Kier molecular flexibility index (Phi) is 6.39. The van der Waals surface area contributed by atoms with Crippen molar-refractivity contribution in [1.29, 1.82) is 0 Å². The van der Waals surface area contributed by atoms with Gasteiger partial charge in [0, 0.05) is 19.2 Å². The number of rotatable bonds is 8. The highest BCUT2D eigenvalue weighted by molar-refractivity contribution is 5.66. The van der Waals surface area contributed by atoms with E-state index in [1.54, 1.807) is 0 Å². The molecule has 1 atom stereocenters. The summed E-state index contributed by atoms with van der Waals surface area (Å²) in [5.41, 5.74) is -0.988. The molecule has 0 bridgehead atoms. The normalized spacial score (nSPS) is 13.0. The molecule has 0 fully saturated rings. The van der Waals surface area contributed by atoms with Crippen LogP contribution in [0.1, 0.15) is 38.3 Å². The Balaban J connectivity index is 2.46. The number of carboxylic acid groups (broad SMARTS) is 1. The maximum Gasteiger partial charge on any atom is 0.433 e. The zero-order valence-corrected chi connectivity index (χ0v) is 11.7. The number of aromatic nitrogens is 2. The van der Waals surface area contributed by atoms with Gasteiger partial charge < -0.3 is 10.4 Å². The molecule has 8 heteroatoms. The van der Waals surface area contributed by atoms with Gasteiger partial charge >= 0.3 is 12.1 Å². The van der Waals surface area contributed by atoms with Crippen LogP contribution < -0.4 is 5.32 Å². The van der Waals surface area contributed by atoms with Crippen LogP contribution in [-0.4, -0.2) is 27.6 Å². The molecule has 0 radical (unpaired) electrons. The number of aliphatic carboxylic acids is 1. The van der Waals surface area contributed by atoms with E-state index in [0.29, 0.717) is 19.4 Å². The van der Waals surface area contributed by atoms with Crippen LogP contribution in [0, 0.1) is 5.92 Å². The summed E-state index contributed by atoms with van der Waals surface area (Å²) in [7, 11) is 0. The lowest BCUT2D eigenvalue weighted by Crippen LogP contribution is -2.14. The maximum atomic E-state index is 12.5. The van der Waals surface area contributed by atoms with Crippen molar-refractivity contribution in [3.8, 4) is 0 Å². The van der Waals surface area contributed by atoms with E-state index < -0.39 is 17.8 Å². The largest absolute Gasteiger partial charge is 0.481 e. The number of nitrogens with one attached hydrogen (secondary N) is 1. The number of carboxylic acids is 1. The van der Waals surface area contributed by atoms with Gasteiger partial charge in [0.25, 0.3) is 0 Å². The Labute approximate surface area is 120 Å². The van der Waals surface area contributed by atoms with E-state index in [0.717, 1.165) is 18.7 Å². The van der Waals surface area contributed by atoms with Gasteiger partial charge in [-0.3, -0.25) is 4.79 Å². The maximum absolute atomic E-state index is 12.5. The quantitative estimate of drug-likeness (QED) is 0.771. The monoisotopic (exact) mass is 305 g/mol. The van der Waals surface area contributed by atoms with E-state index in [2.05, 4.69) is 15.3 Å². The molecule has 0 aliphatic heterocycles. The van der Waals surface area contributed by atoms with Gasteiger partial charge in [0.15, 0.2) is 0 Å². The molecule has 0 aliphatic rings. The average Bonchev–Trinajstić information content (AvgIpc) is 2.41. The summed E-state index contributed by atoms with van der Waals surface area (Å²) in [6.45, 7) is 2.35. The van der Waals surface area contributed by atoms with Crippen LogP contribution in [0.2, 0.25) is 0 Å². The molecule has 1 unspecified atom stereocenters. The van der Waals surface area contributed by atoms with Crippen LogP contribution in [0.5, 0.6) is 0 Å². The van der Waals surface area contributed by atoms with Gasteiger partial charge in [0.2, 0.25) is 5.95 Å². The number of carbonyl (C=O) groups is 1. The van der Waals surface area contributed by atoms with Gasteiger partial charge in [-0.25, -0.2) is 9.97 Å². The average molecular weight is 305 g/mol. The SMILES string of the molecule is CCC(CCNc1nccc(C(F)(F)F)n1)CCC(=O)O.